The molecule has 22 heavy (non-hydrogen) atoms. The molecule has 0 aliphatic carbocycles. The smallest absolute Gasteiger partial charge is 0.288 e. The largest absolute Gasteiger partial charge is 0.332 e. The molecular formula is C14H10ClN3O3S. The van der Waals surface area contributed by atoms with Crippen molar-refractivity contribution in [2.45, 2.75) is 0 Å². The van der Waals surface area contributed by atoms with E-state index in [1.54, 1.807) is 12.1 Å². The van der Waals surface area contributed by atoms with Crippen LogP contribution in [0.1, 0.15) is 10.4 Å². The highest BCUT2D eigenvalue weighted by atomic mass is 35.5. The quantitative estimate of drug-likeness (QED) is 0.510. The van der Waals surface area contributed by atoms with Crippen LogP contribution in [0, 0.1) is 10.1 Å². The number of nitrogens with one attached hydrogen (secondary N) is 2. The summed E-state index contributed by atoms with van der Waals surface area (Å²) in [6.07, 6.45) is 0. The van der Waals surface area contributed by atoms with Gasteiger partial charge in [-0.05, 0) is 36.5 Å². The van der Waals surface area contributed by atoms with Gasteiger partial charge in [-0.3, -0.25) is 20.2 Å². The predicted octanol–water partition coefficient (Wildman–Crippen LogP) is 3.38. The van der Waals surface area contributed by atoms with Gasteiger partial charge >= 0.3 is 0 Å². The van der Waals surface area contributed by atoms with Gasteiger partial charge in [0.2, 0.25) is 0 Å². The third kappa shape index (κ3) is 4.00. The summed E-state index contributed by atoms with van der Waals surface area (Å²) in [5.74, 6) is -0.562. The first-order valence-corrected chi connectivity index (χ1v) is 6.87. The number of nitro benzene ring substituents is 1. The van der Waals surface area contributed by atoms with E-state index in [-0.39, 0.29) is 21.4 Å². The molecule has 0 heterocycles. The SMILES string of the molecule is O=C(NC(=S)Nc1ccccc1)c1ccc(Cl)c([N+](=O)[O-])c1. The molecule has 0 aliphatic rings. The molecule has 2 aromatic rings. The number of nitro groups is 1. The fraction of sp³-hybridized carbons (Fsp3) is 0. The van der Waals surface area contributed by atoms with Crippen LogP contribution in [0.5, 0.6) is 0 Å². The summed E-state index contributed by atoms with van der Waals surface area (Å²) in [4.78, 5) is 22.2. The van der Waals surface area contributed by atoms with E-state index >= 15 is 0 Å². The molecule has 1 amide bonds. The summed E-state index contributed by atoms with van der Waals surface area (Å²) in [6, 6.07) is 12.8. The van der Waals surface area contributed by atoms with E-state index in [1.807, 2.05) is 18.2 Å². The van der Waals surface area contributed by atoms with Crippen molar-refractivity contribution in [2.75, 3.05) is 5.32 Å². The van der Waals surface area contributed by atoms with E-state index in [0.29, 0.717) is 0 Å². The number of hydrogen-bond donors (Lipinski definition) is 2. The van der Waals surface area contributed by atoms with E-state index in [9.17, 15) is 14.9 Å². The number of hydrogen-bond acceptors (Lipinski definition) is 4. The number of para-hydroxylation sites is 1. The predicted molar refractivity (Wildman–Crippen MR) is 88.2 cm³/mol. The molecule has 6 nitrogen and oxygen atoms in total. The maximum atomic E-state index is 12.0. The number of nitrogens with zero attached hydrogens (tertiary/aromatic N) is 1. The molecular weight excluding hydrogens is 326 g/mol. The molecule has 0 saturated carbocycles. The number of thiocarbonyl (C=S) groups is 1. The van der Waals surface area contributed by atoms with E-state index in [2.05, 4.69) is 10.6 Å². The molecule has 0 aromatic heterocycles. The lowest BCUT2D eigenvalue weighted by Gasteiger charge is -2.09. The minimum absolute atomic E-state index is 0.0356. The van der Waals surface area contributed by atoms with Crippen LogP contribution in [-0.4, -0.2) is 15.9 Å². The molecule has 0 fully saturated rings. The zero-order chi connectivity index (χ0) is 16.1. The second-order valence-electron chi connectivity index (χ2n) is 4.20. The van der Waals surface area contributed by atoms with Crippen molar-refractivity contribution < 1.29 is 9.72 Å². The molecule has 2 rings (SSSR count). The highest BCUT2D eigenvalue weighted by Crippen LogP contribution is 2.24. The Bertz CT molecular complexity index is 737. The van der Waals surface area contributed by atoms with Crippen molar-refractivity contribution in [3.63, 3.8) is 0 Å². The average Bonchev–Trinajstić information content (AvgIpc) is 2.48. The Hall–Kier alpha value is -2.51. The third-order valence-corrected chi connectivity index (χ3v) is 3.19. The van der Waals surface area contributed by atoms with Crippen LogP contribution in [0.4, 0.5) is 11.4 Å². The van der Waals surface area contributed by atoms with Crippen LogP contribution in [0.25, 0.3) is 0 Å². The summed E-state index contributed by atoms with van der Waals surface area (Å²) >= 11 is 10.7. The second-order valence-corrected chi connectivity index (χ2v) is 5.01. The maximum Gasteiger partial charge on any atom is 0.288 e. The van der Waals surface area contributed by atoms with Gasteiger partial charge in [0, 0.05) is 17.3 Å². The number of rotatable bonds is 3. The highest BCUT2D eigenvalue weighted by molar-refractivity contribution is 7.80. The molecule has 0 saturated heterocycles. The maximum absolute atomic E-state index is 12.0. The van der Waals surface area contributed by atoms with Crippen LogP contribution in [0.2, 0.25) is 5.02 Å². The Morgan fingerprint density at radius 2 is 1.86 bits per heavy atom. The van der Waals surface area contributed by atoms with Gasteiger partial charge in [0.15, 0.2) is 5.11 Å². The average molecular weight is 336 g/mol. The van der Waals surface area contributed by atoms with Gasteiger partial charge < -0.3 is 5.32 Å². The van der Waals surface area contributed by atoms with Crippen molar-refractivity contribution in [1.29, 1.82) is 0 Å². The Labute approximate surface area is 136 Å². The molecule has 0 radical (unpaired) electrons. The highest BCUT2D eigenvalue weighted by Gasteiger charge is 2.16. The summed E-state index contributed by atoms with van der Waals surface area (Å²) in [6.45, 7) is 0. The molecule has 0 bridgehead atoms. The number of anilines is 1. The summed E-state index contributed by atoms with van der Waals surface area (Å²) in [7, 11) is 0. The number of carbonyl (C=O) groups excluding carboxylic acids is 1. The third-order valence-electron chi connectivity index (χ3n) is 2.66. The first kappa shape index (κ1) is 15.9. The monoisotopic (exact) mass is 335 g/mol. The Morgan fingerprint density at radius 3 is 2.50 bits per heavy atom. The van der Waals surface area contributed by atoms with Gasteiger partial charge in [-0.15, -0.1) is 0 Å². The second kappa shape index (κ2) is 6.97. The molecule has 2 aromatic carbocycles. The van der Waals surface area contributed by atoms with Crippen molar-refractivity contribution >= 4 is 46.2 Å². The normalized spacial score (nSPS) is 9.86. The lowest BCUT2D eigenvalue weighted by molar-refractivity contribution is -0.384. The molecule has 0 unspecified atom stereocenters. The number of benzene rings is 2. The van der Waals surface area contributed by atoms with Crippen molar-refractivity contribution in [1.82, 2.24) is 5.32 Å². The fourth-order valence-electron chi connectivity index (χ4n) is 1.65. The molecule has 0 aliphatic heterocycles. The zero-order valence-electron chi connectivity index (χ0n) is 11.1. The van der Waals surface area contributed by atoms with Gasteiger partial charge in [-0.1, -0.05) is 29.8 Å². The lowest BCUT2D eigenvalue weighted by Crippen LogP contribution is -2.34. The fourth-order valence-corrected chi connectivity index (χ4v) is 2.05. The number of amides is 1. The van der Waals surface area contributed by atoms with Gasteiger partial charge in [0.25, 0.3) is 11.6 Å². The minimum Gasteiger partial charge on any atom is -0.332 e. The van der Waals surface area contributed by atoms with Crippen molar-refractivity contribution in [3.8, 4) is 0 Å². The van der Waals surface area contributed by atoms with Crippen LogP contribution < -0.4 is 10.6 Å². The van der Waals surface area contributed by atoms with Crippen molar-refractivity contribution in [3.05, 3.63) is 69.2 Å². The molecule has 112 valence electrons. The standard InChI is InChI=1S/C14H10ClN3O3S/c15-11-7-6-9(8-12(11)18(20)21)13(19)17-14(22)16-10-4-2-1-3-5-10/h1-8H,(H2,16,17,19,22). The molecule has 0 spiro atoms. The number of halogens is 1. The Balaban J connectivity index is 2.07. The minimum atomic E-state index is -0.653. The first-order chi connectivity index (χ1) is 10.5. The van der Waals surface area contributed by atoms with Crippen LogP contribution in [0.15, 0.2) is 48.5 Å². The number of carbonyl (C=O) groups is 1. The van der Waals surface area contributed by atoms with Crippen LogP contribution >= 0.6 is 23.8 Å². The Morgan fingerprint density at radius 1 is 1.18 bits per heavy atom. The van der Waals surface area contributed by atoms with Gasteiger partial charge in [0.05, 0.1) is 4.92 Å². The zero-order valence-corrected chi connectivity index (χ0v) is 12.6. The van der Waals surface area contributed by atoms with E-state index in [1.165, 1.54) is 12.1 Å². The van der Waals surface area contributed by atoms with E-state index < -0.39 is 10.8 Å². The van der Waals surface area contributed by atoms with Gasteiger partial charge in [-0.25, -0.2) is 0 Å². The van der Waals surface area contributed by atoms with E-state index in [0.717, 1.165) is 11.8 Å². The van der Waals surface area contributed by atoms with Crippen LogP contribution in [0.3, 0.4) is 0 Å². The molecule has 8 heteroatoms. The lowest BCUT2D eigenvalue weighted by atomic mass is 10.2. The van der Waals surface area contributed by atoms with Gasteiger partial charge in [0.1, 0.15) is 5.02 Å². The summed E-state index contributed by atoms with van der Waals surface area (Å²) in [5, 5.41) is 16.1. The topological polar surface area (TPSA) is 84.3 Å². The van der Waals surface area contributed by atoms with Crippen LogP contribution in [-0.2, 0) is 0 Å². The molecule has 2 N–H and O–H groups in total. The van der Waals surface area contributed by atoms with Crippen molar-refractivity contribution in [2.24, 2.45) is 0 Å². The Kier molecular flexibility index (Phi) is 5.03. The molecule has 0 atom stereocenters. The first-order valence-electron chi connectivity index (χ1n) is 6.08. The van der Waals surface area contributed by atoms with Gasteiger partial charge in [-0.2, -0.15) is 0 Å². The summed E-state index contributed by atoms with van der Waals surface area (Å²) in [5.41, 5.74) is 0.472. The van der Waals surface area contributed by atoms with E-state index in [4.69, 9.17) is 23.8 Å². The summed E-state index contributed by atoms with van der Waals surface area (Å²) < 4.78 is 0.